The predicted octanol–water partition coefficient (Wildman–Crippen LogP) is 4.02. The highest BCUT2D eigenvalue weighted by molar-refractivity contribution is 5.94. The van der Waals surface area contributed by atoms with Crippen molar-refractivity contribution in [2.45, 2.75) is 26.2 Å². The molecule has 1 N–H and O–H groups in total. The fourth-order valence-corrected chi connectivity index (χ4v) is 3.48. The highest BCUT2D eigenvalue weighted by Gasteiger charge is 2.28. The van der Waals surface area contributed by atoms with Crippen LogP contribution in [-0.2, 0) is 9.53 Å². The molecule has 8 heteroatoms. The summed E-state index contributed by atoms with van der Waals surface area (Å²) in [6.07, 6.45) is 1.98. The monoisotopic (exact) mass is 411 g/mol. The van der Waals surface area contributed by atoms with Crippen LogP contribution < -0.4 is 10.2 Å². The largest absolute Gasteiger partial charge is 0.462 e. The van der Waals surface area contributed by atoms with Crippen LogP contribution in [0.15, 0.2) is 48.5 Å². The number of rotatable bonds is 7. The van der Waals surface area contributed by atoms with Gasteiger partial charge in [-0.3, -0.25) is 14.9 Å². The van der Waals surface area contributed by atoms with Crippen molar-refractivity contribution in [1.82, 2.24) is 0 Å². The molecular formula is C22H25N3O5. The fraction of sp³-hybridized carbons (Fsp3) is 0.364. The number of hydrogen-bond acceptors (Lipinski definition) is 6. The maximum Gasteiger partial charge on any atom is 0.338 e. The normalized spacial score (nSPS) is 14.2. The standard InChI is InChI=1S/C22H25N3O5/c1-2-15-30-22(27)17-7-9-18(10-8-17)23-21(26)16-11-13-24(14-12-16)19-5-3-4-6-20(19)25(28)29/h3-10,16H,2,11-15H2,1H3,(H,23,26). The van der Waals surface area contributed by atoms with Crippen LogP contribution in [0, 0.1) is 16.0 Å². The molecule has 1 amide bonds. The van der Waals surface area contributed by atoms with E-state index in [1.54, 1.807) is 42.5 Å². The Morgan fingerprint density at radius 2 is 1.80 bits per heavy atom. The molecule has 1 saturated heterocycles. The second-order valence-electron chi connectivity index (χ2n) is 7.21. The Labute approximate surface area is 175 Å². The molecule has 0 unspecified atom stereocenters. The first-order valence-corrected chi connectivity index (χ1v) is 10.1. The molecule has 8 nitrogen and oxygen atoms in total. The number of nitro groups is 1. The zero-order chi connectivity index (χ0) is 21.5. The van der Waals surface area contributed by atoms with Gasteiger partial charge in [-0.2, -0.15) is 0 Å². The molecule has 1 heterocycles. The van der Waals surface area contributed by atoms with E-state index in [4.69, 9.17) is 4.74 Å². The molecule has 2 aromatic carbocycles. The molecule has 0 bridgehead atoms. The molecule has 0 atom stereocenters. The minimum absolute atomic E-state index is 0.0814. The maximum absolute atomic E-state index is 12.6. The number of carbonyl (C=O) groups excluding carboxylic acids is 2. The van der Waals surface area contributed by atoms with Crippen LogP contribution >= 0.6 is 0 Å². The summed E-state index contributed by atoms with van der Waals surface area (Å²) in [7, 11) is 0. The summed E-state index contributed by atoms with van der Waals surface area (Å²) >= 11 is 0. The highest BCUT2D eigenvalue weighted by Crippen LogP contribution is 2.31. The van der Waals surface area contributed by atoms with Crippen LogP contribution in [0.4, 0.5) is 17.1 Å². The topological polar surface area (TPSA) is 102 Å². The van der Waals surface area contributed by atoms with E-state index >= 15 is 0 Å². The van der Waals surface area contributed by atoms with E-state index in [2.05, 4.69) is 5.32 Å². The van der Waals surface area contributed by atoms with Crippen LogP contribution in [0.25, 0.3) is 0 Å². The molecule has 3 rings (SSSR count). The average Bonchev–Trinajstić information content (AvgIpc) is 2.78. The van der Waals surface area contributed by atoms with Crippen LogP contribution in [0.5, 0.6) is 0 Å². The lowest BCUT2D eigenvalue weighted by molar-refractivity contribution is -0.384. The lowest BCUT2D eigenvalue weighted by Gasteiger charge is -2.32. The van der Waals surface area contributed by atoms with Crippen LogP contribution in [0.3, 0.4) is 0 Å². The number of hydrogen-bond donors (Lipinski definition) is 1. The summed E-state index contributed by atoms with van der Waals surface area (Å²) < 4.78 is 5.09. The van der Waals surface area contributed by atoms with Crippen molar-refractivity contribution in [3.63, 3.8) is 0 Å². The summed E-state index contributed by atoms with van der Waals surface area (Å²) in [5.74, 6) is -0.631. The summed E-state index contributed by atoms with van der Waals surface area (Å²) in [5, 5.41) is 14.1. The molecule has 1 aliphatic heterocycles. The molecule has 0 radical (unpaired) electrons. The molecule has 0 spiro atoms. The molecule has 158 valence electrons. The molecule has 30 heavy (non-hydrogen) atoms. The van der Waals surface area contributed by atoms with Gasteiger partial charge in [0.05, 0.1) is 17.1 Å². The molecule has 1 aliphatic rings. The van der Waals surface area contributed by atoms with Crippen molar-refractivity contribution in [2.24, 2.45) is 5.92 Å². The second kappa shape index (κ2) is 9.87. The van der Waals surface area contributed by atoms with Gasteiger partial charge in [-0.25, -0.2) is 4.79 Å². The first kappa shape index (κ1) is 21.3. The third-order valence-electron chi connectivity index (χ3n) is 5.11. The Kier molecular flexibility index (Phi) is 7.00. The Bertz CT molecular complexity index is 905. The first-order chi connectivity index (χ1) is 14.5. The highest BCUT2D eigenvalue weighted by atomic mass is 16.6. The molecule has 0 saturated carbocycles. The van der Waals surface area contributed by atoms with Crippen molar-refractivity contribution in [1.29, 1.82) is 0 Å². The maximum atomic E-state index is 12.6. The minimum Gasteiger partial charge on any atom is -0.462 e. The van der Waals surface area contributed by atoms with Crippen LogP contribution in [0.1, 0.15) is 36.5 Å². The summed E-state index contributed by atoms with van der Waals surface area (Å²) in [6.45, 7) is 3.45. The van der Waals surface area contributed by atoms with Gasteiger partial charge >= 0.3 is 5.97 Å². The first-order valence-electron chi connectivity index (χ1n) is 10.1. The molecule has 2 aromatic rings. The fourth-order valence-electron chi connectivity index (χ4n) is 3.48. The van der Waals surface area contributed by atoms with Gasteiger partial charge in [-0.05, 0) is 49.6 Å². The Morgan fingerprint density at radius 1 is 1.13 bits per heavy atom. The van der Waals surface area contributed by atoms with Gasteiger partial charge in [0.15, 0.2) is 0 Å². The average molecular weight is 411 g/mol. The van der Waals surface area contributed by atoms with Crippen LogP contribution in [-0.4, -0.2) is 36.5 Å². The number of nitro benzene ring substituents is 1. The van der Waals surface area contributed by atoms with Gasteiger partial charge in [0.2, 0.25) is 5.91 Å². The SMILES string of the molecule is CCCOC(=O)c1ccc(NC(=O)C2CCN(c3ccccc3[N+](=O)[O-])CC2)cc1. The van der Waals surface area contributed by atoms with E-state index in [1.807, 2.05) is 11.8 Å². The number of carbonyl (C=O) groups is 2. The van der Waals surface area contributed by atoms with Crippen molar-refractivity contribution in [3.8, 4) is 0 Å². The number of nitrogens with one attached hydrogen (secondary N) is 1. The summed E-state index contributed by atoms with van der Waals surface area (Å²) in [5.41, 5.74) is 1.73. The summed E-state index contributed by atoms with van der Waals surface area (Å²) in [4.78, 5) is 37.3. The molecular weight excluding hydrogens is 386 g/mol. The summed E-state index contributed by atoms with van der Waals surface area (Å²) in [6, 6.07) is 13.3. The third-order valence-corrected chi connectivity index (χ3v) is 5.11. The van der Waals surface area contributed by atoms with Crippen molar-refractivity contribution < 1.29 is 19.2 Å². The van der Waals surface area contributed by atoms with E-state index in [1.165, 1.54) is 6.07 Å². The number of esters is 1. The van der Waals surface area contributed by atoms with Crippen molar-refractivity contribution >= 4 is 28.9 Å². The van der Waals surface area contributed by atoms with Gasteiger partial charge in [-0.1, -0.05) is 19.1 Å². The van der Waals surface area contributed by atoms with E-state index in [0.717, 1.165) is 6.42 Å². The number of benzene rings is 2. The van der Waals surface area contributed by atoms with Gasteiger partial charge < -0.3 is 15.0 Å². The number of amides is 1. The number of nitrogens with zero attached hydrogens (tertiary/aromatic N) is 2. The number of para-hydroxylation sites is 2. The lowest BCUT2D eigenvalue weighted by Crippen LogP contribution is -2.38. The van der Waals surface area contributed by atoms with Crippen molar-refractivity contribution in [3.05, 3.63) is 64.2 Å². The van der Waals surface area contributed by atoms with Gasteiger partial charge in [-0.15, -0.1) is 0 Å². The zero-order valence-corrected chi connectivity index (χ0v) is 16.9. The minimum atomic E-state index is -0.379. The Morgan fingerprint density at radius 3 is 2.43 bits per heavy atom. The van der Waals surface area contributed by atoms with Crippen molar-refractivity contribution in [2.75, 3.05) is 29.9 Å². The number of anilines is 2. The van der Waals surface area contributed by atoms with Gasteiger partial charge in [0.25, 0.3) is 5.69 Å². The van der Waals surface area contributed by atoms with Gasteiger partial charge in [0.1, 0.15) is 5.69 Å². The zero-order valence-electron chi connectivity index (χ0n) is 16.9. The third kappa shape index (κ3) is 5.14. The molecule has 1 fully saturated rings. The smallest absolute Gasteiger partial charge is 0.338 e. The van der Waals surface area contributed by atoms with Gasteiger partial charge in [0, 0.05) is 30.8 Å². The van der Waals surface area contributed by atoms with E-state index < -0.39 is 0 Å². The molecule has 0 aromatic heterocycles. The lowest BCUT2D eigenvalue weighted by atomic mass is 9.95. The Hall–Kier alpha value is -3.42. The predicted molar refractivity (Wildman–Crippen MR) is 114 cm³/mol. The van der Waals surface area contributed by atoms with E-state index in [0.29, 0.717) is 49.5 Å². The number of ether oxygens (including phenoxy) is 1. The molecule has 0 aliphatic carbocycles. The quantitative estimate of drug-likeness (QED) is 0.419. The number of piperidine rings is 1. The van der Waals surface area contributed by atoms with E-state index in [-0.39, 0.29) is 28.4 Å². The Balaban J connectivity index is 1.55. The van der Waals surface area contributed by atoms with Crippen LogP contribution in [0.2, 0.25) is 0 Å². The second-order valence-corrected chi connectivity index (χ2v) is 7.21. The van der Waals surface area contributed by atoms with E-state index in [9.17, 15) is 19.7 Å².